The van der Waals surface area contributed by atoms with Gasteiger partial charge in [-0.2, -0.15) is 0 Å². The van der Waals surface area contributed by atoms with Crippen molar-refractivity contribution in [3.8, 4) is 11.1 Å². The lowest BCUT2D eigenvalue weighted by atomic mass is 9.91. The molecule has 0 fully saturated rings. The quantitative estimate of drug-likeness (QED) is 0.0539. The summed E-state index contributed by atoms with van der Waals surface area (Å²) in [5.41, 5.74) is 4.61. The molecule has 2 nitrogen and oxygen atoms in total. The highest BCUT2D eigenvalue weighted by molar-refractivity contribution is 7.74. The standard InChI is InChI=1S/C80H62N2P2Si2/c1-11-37-63(38-12-1)83(64-39-13-2-14-40-64)81-79-75(85(67-45-19-5-20-46-67,68-47-21-6-22-48-68)69-49-23-7-24-50-69)59-61-35-31-33-57-73(61)77(79)78-74-58-34-32-36-62(74)60-76(80(78)82-84(65-41-15-3-16-42-65)66-43-17-4-18-44-66)86(70-51-25-8-26-52-70,71-53-27-9-28-54-71)72-55-29-10-30-56-72/h1-60,81-82H. The number of nitrogens with one attached hydrogen (secondary N) is 2. The van der Waals surface area contributed by atoms with Crippen molar-refractivity contribution in [1.29, 1.82) is 0 Å². The van der Waals surface area contributed by atoms with Crippen LogP contribution in [0.5, 0.6) is 0 Å². The molecule has 0 unspecified atom stereocenters. The highest BCUT2D eigenvalue weighted by Gasteiger charge is 2.47. The summed E-state index contributed by atoms with van der Waals surface area (Å²) in [6.07, 6.45) is 0. The Labute approximate surface area is 509 Å². The maximum Gasteiger partial charge on any atom is 0.181 e. The summed E-state index contributed by atoms with van der Waals surface area (Å²) < 4.78 is 0. The third kappa shape index (κ3) is 10.0. The molecule has 0 saturated heterocycles. The molecular formula is C80H62N2P2Si2. The van der Waals surface area contributed by atoms with E-state index in [2.05, 4.69) is 364 Å². The summed E-state index contributed by atoms with van der Waals surface area (Å²) in [4.78, 5) is 0. The Morgan fingerprint density at radius 1 is 0.209 bits per heavy atom. The minimum atomic E-state index is -3.38. The molecule has 0 atom stereocenters. The molecule has 0 bridgehead atoms. The van der Waals surface area contributed by atoms with Crippen molar-refractivity contribution in [1.82, 2.24) is 0 Å². The van der Waals surface area contributed by atoms with Crippen LogP contribution in [0.25, 0.3) is 32.7 Å². The SMILES string of the molecule is c1ccc(P(Nc2c([Si](c3ccccc3)(c3ccccc3)c3ccccc3)cc3ccccc3c2-c2c(NP(c3ccccc3)c3ccccc3)c([Si](c3ccccc3)(c3ccccc3)c3ccccc3)cc3ccccc23)c2ccccc2)cc1. The van der Waals surface area contributed by atoms with E-state index in [1.165, 1.54) is 95.4 Å². The van der Waals surface area contributed by atoms with Crippen molar-refractivity contribution in [2.45, 2.75) is 0 Å². The molecule has 6 heteroatoms. The van der Waals surface area contributed by atoms with Crippen LogP contribution in [0.2, 0.25) is 0 Å². The Balaban J connectivity index is 1.25. The summed E-state index contributed by atoms with van der Waals surface area (Å²) in [5, 5.41) is 29.5. The van der Waals surface area contributed by atoms with E-state index in [9.17, 15) is 0 Å². The summed E-state index contributed by atoms with van der Waals surface area (Å²) in [6, 6.07) is 137. The maximum absolute atomic E-state index is 4.70. The number of hydrogen-bond donors (Lipinski definition) is 2. The lowest BCUT2D eigenvalue weighted by Gasteiger charge is -2.40. The van der Waals surface area contributed by atoms with Crippen LogP contribution in [-0.2, 0) is 0 Å². The van der Waals surface area contributed by atoms with Gasteiger partial charge in [-0.15, -0.1) is 0 Å². The maximum atomic E-state index is 4.70. The average molecular weight is 1170 g/mol. The van der Waals surface area contributed by atoms with E-state index < -0.39 is 32.3 Å². The van der Waals surface area contributed by atoms with Gasteiger partial charge in [0.15, 0.2) is 16.1 Å². The van der Waals surface area contributed by atoms with Crippen molar-refractivity contribution >= 4 is 128 Å². The molecule has 0 spiro atoms. The first-order chi connectivity index (χ1) is 42.7. The van der Waals surface area contributed by atoms with E-state index in [0.717, 1.165) is 11.4 Å². The predicted molar refractivity (Wildman–Crippen MR) is 380 cm³/mol. The second-order valence-corrected chi connectivity index (χ2v) is 33.1. The number of fused-ring (bicyclic) bond motifs is 2. The van der Waals surface area contributed by atoms with E-state index >= 15 is 0 Å². The number of anilines is 2. The van der Waals surface area contributed by atoms with Gasteiger partial charge in [0.1, 0.15) is 0 Å². The molecule has 0 saturated carbocycles. The summed E-state index contributed by atoms with van der Waals surface area (Å²) in [7, 11) is -9.32. The van der Waals surface area contributed by atoms with Crippen LogP contribution in [0.3, 0.4) is 0 Å². The van der Waals surface area contributed by atoms with Crippen LogP contribution in [0, 0.1) is 0 Å². The van der Waals surface area contributed by atoms with Gasteiger partial charge < -0.3 is 10.2 Å². The normalized spacial score (nSPS) is 11.7. The molecule has 14 aromatic carbocycles. The van der Waals surface area contributed by atoms with E-state index in [1.54, 1.807) is 0 Å². The summed E-state index contributed by atoms with van der Waals surface area (Å²) in [5.74, 6) is 0. The van der Waals surface area contributed by atoms with Gasteiger partial charge in [0.25, 0.3) is 0 Å². The fourth-order valence-electron chi connectivity index (χ4n) is 13.2. The van der Waals surface area contributed by atoms with E-state index in [1.807, 2.05) is 0 Å². The molecule has 0 aliphatic heterocycles. The van der Waals surface area contributed by atoms with Crippen LogP contribution in [0.4, 0.5) is 11.4 Å². The first-order valence-corrected chi connectivity index (χ1v) is 36.2. The zero-order chi connectivity index (χ0) is 57.5. The zero-order valence-electron chi connectivity index (χ0n) is 47.5. The van der Waals surface area contributed by atoms with Crippen molar-refractivity contribution in [2.24, 2.45) is 0 Å². The van der Waals surface area contributed by atoms with Crippen LogP contribution >= 0.6 is 16.1 Å². The fraction of sp³-hybridized carbons (Fsp3) is 0. The molecule has 410 valence electrons. The third-order valence-electron chi connectivity index (χ3n) is 16.9. The summed E-state index contributed by atoms with van der Waals surface area (Å²) in [6.45, 7) is 0. The Hall–Kier alpha value is -9.51. The average Bonchev–Trinajstić information content (AvgIpc) is 0.989. The first kappa shape index (κ1) is 54.4. The van der Waals surface area contributed by atoms with E-state index in [-0.39, 0.29) is 0 Å². The number of hydrogen-bond acceptors (Lipinski definition) is 2. The minimum Gasteiger partial charge on any atom is -0.357 e. The van der Waals surface area contributed by atoms with Crippen LogP contribution in [0.1, 0.15) is 0 Å². The number of benzene rings is 14. The van der Waals surface area contributed by atoms with Crippen LogP contribution in [-0.4, -0.2) is 16.1 Å². The van der Waals surface area contributed by atoms with Gasteiger partial charge >= 0.3 is 0 Å². The van der Waals surface area contributed by atoms with E-state index in [4.69, 9.17) is 10.2 Å². The van der Waals surface area contributed by atoms with Gasteiger partial charge in [0.2, 0.25) is 0 Å². The van der Waals surface area contributed by atoms with E-state index in [0.29, 0.717) is 0 Å². The van der Waals surface area contributed by atoms with Crippen molar-refractivity contribution < 1.29 is 0 Å². The van der Waals surface area contributed by atoms with Gasteiger partial charge in [-0.3, -0.25) is 0 Å². The van der Waals surface area contributed by atoms with Gasteiger partial charge in [-0.1, -0.05) is 364 Å². The molecule has 0 amide bonds. The van der Waals surface area contributed by atoms with Crippen molar-refractivity contribution in [3.05, 3.63) is 364 Å². The lowest BCUT2D eigenvalue weighted by Crippen LogP contribution is -2.75. The topological polar surface area (TPSA) is 24.1 Å². The van der Waals surface area contributed by atoms with Gasteiger partial charge in [0.05, 0.1) is 16.1 Å². The smallest absolute Gasteiger partial charge is 0.181 e. The molecule has 14 aromatic rings. The lowest BCUT2D eigenvalue weighted by molar-refractivity contribution is 1.64. The molecule has 14 rings (SSSR count). The second-order valence-electron chi connectivity index (χ2n) is 21.7. The van der Waals surface area contributed by atoms with Crippen molar-refractivity contribution in [3.63, 3.8) is 0 Å². The third-order valence-corrected chi connectivity index (χ3v) is 30.7. The summed E-state index contributed by atoms with van der Waals surface area (Å²) >= 11 is 0. The molecule has 0 aliphatic carbocycles. The van der Waals surface area contributed by atoms with Gasteiger partial charge in [0, 0.05) is 43.7 Å². The van der Waals surface area contributed by atoms with Crippen LogP contribution < -0.4 is 72.9 Å². The molecule has 0 aliphatic rings. The van der Waals surface area contributed by atoms with Crippen LogP contribution in [0.15, 0.2) is 364 Å². The van der Waals surface area contributed by atoms with Crippen molar-refractivity contribution in [2.75, 3.05) is 10.2 Å². The largest absolute Gasteiger partial charge is 0.357 e. The number of rotatable bonds is 17. The molecule has 0 aromatic heterocycles. The molecule has 0 radical (unpaired) electrons. The predicted octanol–water partition coefficient (Wildman–Crippen LogP) is 13.3. The zero-order valence-corrected chi connectivity index (χ0v) is 51.3. The Kier molecular flexibility index (Phi) is 15.6. The molecule has 2 N–H and O–H groups in total. The second kappa shape index (κ2) is 24.6. The molecule has 0 heterocycles. The minimum absolute atomic E-state index is 1.13. The molecular weight excluding hydrogens is 1110 g/mol. The highest BCUT2D eigenvalue weighted by Crippen LogP contribution is 2.49. The van der Waals surface area contributed by atoms with Gasteiger partial charge in [-0.25, -0.2) is 0 Å². The first-order valence-electron chi connectivity index (χ1n) is 29.5. The Bertz CT molecular complexity index is 3980. The Morgan fingerprint density at radius 2 is 0.407 bits per heavy atom. The van der Waals surface area contributed by atoms with Gasteiger partial charge in [-0.05, 0) is 63.0 Å². The molecule has 86 heavy (non-hydrogen) atoms. The highest BCUT2D eigenvalue weighted by atomic mass is 31.1. The monoisotopic (exact) mass is 1170 g/mol. The fourth-order valence-corrected chi connectivity index (χ4v) is 27.2. The Morgan fingerprint density at radius 3 is 0.640 bits per heavy atom.